The maximum atomic E-state index is 13.5. The van der Waals surface area contributed by atoms with E-state index in [1.165, 1.54) is 17.8 Å². The summed E-state index contributed by atoms with van der Waals surface area (Å²) in [6.45, 7) is 4.72. The summed E-state index contributed by atoms with van der Waals surface area (Å²) in [4.78, 5) is 17.5. The van der Waals surface area contributed by atoms with Crippen molar-refractivity contribution in [1.29, 1.82) is 0 Å². The molecule has 1 heterocycles. The molecule has 2 fully saturated rings. The Labute approximate surface area is 204 Å². The molecule has 2 aliphatic rings. The van der Waals surface area contributed by atoms with Gasteiger partial charge in [0, 0.05) is 61.6 Å². The molecule has 0 unspecified atom stereocenters. The highest BCUT2D eigenvalue weighted by atomic mass is 19.2. The molecule has 3 aromatic carbocycles. The molecule has 0 aromatic heterocycles. The van der Waals surface area contributed by atoms with Crippen molar-refractivity contribution in [1.82, 2.24) is 10.2 Å². The van der Waals surface area contributed by atoms with Crippen LogP contribution in [0.3, 0.4) is 0 Å². The Morgan fingerprint density at radius 3 is 2.46 bits per heavy atom. The van der Waals surface area contributed by atoms with Crippen molar-refractivity contribution in [2.24, 2.45) is 0 Å². The normalized spacial score (nSPS) is 20.0. The third kappa shape index (κ3) is 5.69. The Morgan fingerprint density at radius 2 is 1.71 bits per heavy atom. The number of amides is 1. The van der Waals surface area contributed by atoms with E-state index in [0.717, 1.165) is 49.4 Å². The number of likely N-dealkylation sites (N-methyl/N-ethyl adjacent to an activating group) is 1. The van der Waals surface area contributed by atoms with Crippen LogP contribution < -0.4 is 15.5 Å². The van der Waals surface area contributed by atoms with E-state index in [9.17, 15) is 13.6 Å². The fourth-order valence-corrected chi connectivity index (χ4v) is 4.63. The fourth-order valence-electron chi connectivity index (χ4n) is 4.63. The summed E-state index contributed by atoms with van der Waals surface area (Å²) in [7, 11) is 2.14. The van der Waals surface area contributed by atoms with Crippen LogP contribution >= 0.6 is 0 Å². The number of halogens is 2. The van der Waals surface area contributed by atoms with Gasteiger partial charge in [0.05, 0.1) is 0 Å². The Morgan fingerprint density at radius 1 is 0.943 bits per heavy atom. The van der Waals surface area contributed by atoms with Gasteiger partial charge < -0.3 is 20.4 Å². The summed E-state index contributed by atoms with van der Waals surface area (Å²) in [5, 5.41) is 6.44. The van der Waals surface area contributed by atoms with E-state index in [1.807, 2.05) is 30.3 Å². The van der Waals surface area contributed by atoms with Crippen LogP contribution in [0, 0.1) is 11.6 Å². The predicted molar refractivity (Wildman–Crippen MR) is 135 cm³/mol. The minimum Gasteiger partial charge on any atom is -0.369 e. The van der Waals surface area contributed by atoms with E-state index in [4.69, 9.17) is 0 Å². The second-order valence-electron chi connectivity index (χ2n) is 9.49. The van der Waals surface area contributed by atoms with Gasteiger partial charge in [-0.25, -0.2) is 8.78 Å². The van der Waals surface area contributed by atoms with E-state index in [-0.39, 0.29) is 17.9 Å². The summed E-state index contributed by atoms with van der Waals surface area (Å²) in [6, 6.07) is 19.9. The van der Waals surface area contributed by atoms with Gasteiger partial charge >= 0.3 is 0 Å². The topological polar surface area (TPSA) is 47.6 Å². The fraction of sp³-hybridized carbons (Fsp3) is 0.321. The highest BCUT2D eigenvalue weighted by Crippen LogP contribution is 2.41. The highest BCUT2D eigenvalue weighted by Gasteiger charge is 2.38. The molecule has 1 amide bonds. The van der Waals surface area contributed by atoms with Gasteiger partial charge in [-0.15, -0.1) is 0 Å². The molecular formula is C28H30F2N4O. The molecule has 7 heteroatoms. The molecule has 35 heavy (non-hydrogen) atoms. The number of nitrogens with zero attached hydrogens (tertiary/aromatic N) is 2. The second kappa shape index (κ2) is 10.1. The average Bonchev–Trinajstić information content (AvgIpc) is 3.65. The van der Waals surface area contributed by atoms with Crippen LogP contribution in [-0.4, -0.2) is 50.1 Å². The highest BCUT2D eigenvalue weighted by molar-refractivity contribution is 6.04. The lowest BCUT2D eigenvalue weighted by molar-refractivity contribution is 0.102. The molecule has 1 saturated heterocycles. The number of hydrogen-bond acceptors (Lipinski definition) is 4. The van der Waals surface area contributed by atoms with Crippen LogP contribution in [0.2, 0.25) is 0 Å². The van der Waals surface area contributed by atoms with Crippen molar-refractivity contribution in [2.75, 3.05) is 43.4 Å². The van der Waals surface area contributed by atoms with Crippen molar-refractivity contribution in [3.63, 3.8) is 0 Å². The molecular weight excluding hydrogens is 446 g/mol. The van der Waals surface area contributed by atoms with Crippen molar-refractivity contribution in [3.8, 4) is 0 Å². The lowest BCUT2D eigenvalue weighted by Crippen LogP contribution is -2.44. The van der Waals surface area contributed by atoms with E-state index in [1.54, 1.807) is 12.1 Å². The Hall–Kier alpha value is -3.29. The van der Waals surface area contributed by atoms with Gasteiger partial charge in [-0.3, -0.25) is 4.79 Å². The maximum Gasteiger partial charge on any atom is 0.255 e. The molecule has 2 atom stereocenters. The zero-order chi connectivity index (χ0) is 24.4. The van der Waals surface area contributed by atoms with Crippen LogP contribution in [0.4, 0.5) is 20.2 Å². The first-order valence-electron chi connectivity index (χ1n) is 12.1. The standard InChI is InChI=1S/C28H30F2N4O/c1-33-11-13-34(14-12-33)23-8-6-22(7-9-23)32-28(35)21-4-2-3-19(15-21)18-31-27-17-24(27)20-5-10-25(29)26(30)16-20/h2-10,15-16,24,27,31H,11-14,17-18H2,1H3,(H,32,35)/t24-,27+/m0/s1. The Balaban J connectivity index is 1.14. The monoisotopic (exact) mass is 476 g/mol. The van der Waals surface area contributed by atoms with Gasteiger partial charge in [-0.2, -0.15) is 0 Å². The smallest absolute Gasteiger partial charge is 0.255 e. The lowest BCUT2D eigenvalue weighted by atomic mass is 10.1. The first-order valence-corrected chi connectivity index (χ1v) is 12.1. The van der Waals surface area contributed by atoms with Crippen LogP contribution in [0.15, 0.2) is 66.7 Å². The summed E-state index contributed by atoms with van der Waals surface area (Å²) in [5.74, 6) is -1.59. The van der Waals surface area contributed by atoms with Crippen LogP contribution in [0.1, 0.15) is 33.8 Å². The number of hydrogen-bond donors (Lipinski definition) is 2. The summed E-state index contributed by atoms with van der Waals surface area (Å²) in [5.41, 5.74) is 4.35. The van der Waals surface area contributed by atoms with Crippen molar-refractivity contribution < 1.29 is 13.6 Å². The Kier molecular flexibility index (Phi) is 6.79. The molecule has 0 spiro atoms. The minimum atomic E-state index is -0.819. The number of piperazine rings is 1. The van der Waals surface area contributed by atoms with Gasteiger partial charge in [0.25, 0.3) is 5.91 Å². The molecule has 5 nitrogen and oxygen atoms in total. The minimum absolute atomic E-state index is 0.148. The summed E-state index contributed by atoms with van der Waals surface area (Å²) < 4.78 is 26.7. The molecule has 1 aliphatic carbocycles. The zero-order valence-corrected chi connectivity index (χ0v) is 19.8. The molecule has 5 rings (SSSR count). The van der Waals surface area contributed by atoms with E-state index < -0.39 is 11.6 Å². The molecule has 2 N–H and O–H groups in total. The van der Waals surface area contributed by atoms with Gasteiger partial charge in [0.2, 0.25) is 0 Å². The quantitative estimate of drug-likeness (QED) is 0.523. The number of carbonyl (C=O) groups excluding carboxylic acids is 1. The van der Waals surface area contributed by atoms with E-state index >= 15 is 0 Å². The molecule has 0 bridgehead atoms. The summed E-state index contributed by atoms with van der Waals surface area (Å²) >= 11 is 0. The second-order valence-corrected chi connectivity index (χ2v) is 9.49. The van der Waals surface area contributed by atoms with Gasteiger partial charge in [0.15, 0.2) is 11.6 Å². The SMILES string of the molecule is CN1CCN(c2ccc(NC(=O)c3cccc(CN[C@@H]4C[C@H]4c4ccc(F)c(F)c4)c3)cc2)CC1. The number of anilines is 2. The number of benzene rings is 3. The maximum absolute atomic E-state index is 13.5. The van der Waals surface area contributed by atoms with Crippen LogP contribution in [0.5, 0.6) is 0 Å². The number of nitrogens with one attached hydrogen (secondary N) is 2. The first-order chi connectivity index (χ1) is 17.0. The van der Waals surface area contributed by atoms with E-state index in [2.05, 4.69) is 39.6 Å². The number of rotatable bonds is 7. The van der Waals surface area contributed by atoms with Crippen molar-refractivity contribution in [3.05, 3.63) is 95.1 Å². The molecule has 182 valence electrons. The largest absolute Gasteiger partial charge is 0.369 e. The first kappa shape index (κ1) is 23.5. The van der Waals surface area contributed by atoms with Crippen molar-refractivity contribution >= 4 is 17.3 Å². The summed E-state index contributed by atoms with van der Waals surface area (Å²) in [6.07, 6.45) is 0.884. The number of carbonyl (C=O) groups is 1. The Bertz CT molecular complexity index is 1190. The van der Waals surface area contributed by atoms with Crippen LogP contribution in [-0.2, 0) is 6.54 Å². The van der Waals surface area contributed by atoms with Gasteiger partial charge in [-0.05, 0) is 73.1 Å². The van der Waals surface area contributed by atoms with Crippen molar-refractivity contribution in [2.45, 2.75) is 24.9 Å². The van der Waals surface area contributed by atoms with Crippen LogP contribution in [0.25, 0.3) is 0 Å². The third-order valence-electron chi connectivity index (χ3n) is 6.91. The molecule has 1 saturated carbocycles. The third-order valence-corrected chi connectivity index (χ3v) is 6.91. The van der Waals surface area contributed by atoms with E-state index in [0.29, 0.717) is 12.1 Å². The molecule has 1 aliphatic heterocycles. The molecule has 3 aromatic rings. The predicted octanol–water partition coefficient (Wildman–Crippen LogP) is 4.61. The average molecular weight is 477 g/mol. The van der Waals surface area contributed by atoms with Gasteiger partial charge in [-0.1, -0.05) is 18.2 Å². The van der Waals surface area contributed by atoms with Gasteiger partial charge in [0.1, 0.15) is 0 Å². The lowest BCUT2D eigenvalue weighted by Gasteiger charge is -2.34. The molecule has 0 radical (unpaired) electrons. The zero-order valence-electron chi connectivity index (χ0n) is 19.8.